The minimum absolute atomic E-state index is 0.0166. The average molecular weight is 444 g/mol. The van der Waals surface area contributed by atoms with E-state index in [0.717, 1.165) is 44.0 Å². The highest BCUT2D eigenvalue weighted by Crippen LogP contribution is 2.33. The molecule has 2 aromatic carbocycles. The van der Waals surface area contributed by atoms with Gasteiger partial charge in [-0.25, -0.2) is 4.79 Å². The quantitative estimate of drug-likeness (QED) is 0.572. The van der Waals surface area contributed by atoms with Crippen molar-refractivity contribution in [2.45, 2.75) is 32.0 Å². The van der Waals surface area contributed by atoms with Crippen molar-refractivity contribution >= 4 is 16.7 Å². The van der Waals surface area contributed by atoms with Gasteiger partial charge in [0, 0.05) is 37.1 Å². The third-order valence-electron chi connectivity index (χ3n) is 5.73. The number of hydrogen-bond donors (Lipinski definition) is 1. The molecule has 32 heavy (non-hydrogen) atoms. The number of halogens is 2. The maximum Gasteiger partial charge on any atom is 0.387 e. The lowest BCUT2D eigenvalue weighted by molar-refractivity contribution is -0.0497. The van der Waals surface area contributed by atoms with E-state index >= 15 is 0 Å². The number of benzene rings is 2. The van der Waals surface area contributed by atoms with Gasteiger partial charge in [-0.15, -0.1) is 0 Å². The zero-order valence-electron chi connectivity index (χ0n) is 17.2. The van der Waals surface area contributed by atoms with E-state index < -0.39 is 12.2 Å². The largest absolute Gasteiger partial charge is 0.454 e. The molecule has 0 spiro atoms. The molecule has 3 aromatic rings. The van der Waals surface area contributed by atoms with Crippen LogP contribution in [0, 0.1) is 0 Å². The molecule has 0 radical (unpaired) electrons. The molecule has 3 heterocycles. The highest BCUT2D eigenvalue weighted by molar-refractivity contribution is 5.90. The monoisotopic (exact) mass is 444 g/mol. The zero-order chi connectivity index (χ0) is 22.1. The van der Waals surface area contributed by atoms with E-state index in [1.807, 2.05) is 18.2 Å². The summed E-state index contributed by atoms with van der Waals surface area (Å²) in [4.78, 5) is 14.3. The van der Waals surface area contributed by atoms with Crippen LogP contribution in [0.4, 0.5) is 14.5 Å². The Labute approximate surface area is 182 Å². The molecule has 2 aliphatic heterocycles. The Morgan fingerprint density at radius 1 is 1.06 bits per heavy atom. The Hall–Kier alpha value is -3.33. The van der Waals surface area contributed by atoms with Gasteiger partial charge in [-0.3, -0.25) is 4.90 Å². The number of likely N-dealkylation sites (tertiary alicyclic amines) is 1. The molecule has 1 aromatic heterocycles. The number of piperidine rings is 1. The molecule has 2 aliphatic rings. The second kappa shape index (κ2) is 8.66. The van der Waals surface area contributed by atoms with Crippen molar-refractivity contribution in [1.29, 1.82) is 0 Å². The second-order valence-electron chi connectivity index (χ2n) is 7.90. The Morgan fingerprint density at radius 3 is 2.69 bits per heavy atom. The van der Waals surface area contributed by atoms with E-state index in [1.54, 1.807) is 0 Å². The van der Waals surface area contributed by atoms with Crippen LogP contribution in [-0.4, -0.2) is 37.4 Å². The molecule has 9 heteroatoms. The number of alkyl halides is 2. The number of anilines is 1. The number of nitrogens with one attached hydrogen (secondary N) is 1. The normalized spacial score (nSPS) is 16.6. The maximum absolute atomic E-state index is 12.6. The smallest absolute Gasteiger partial charge is 0.387 e. The maximum atomic E-state index is 12.6. The van der Waals surface area contributed by atoms with Crippen molar-refractivity contribution in [3.8, 4) is 17.2 Å². The molecule has 1 fully saturated rings. The highest BCUT2D eigenvalue weighted by Gasteiger charge is 2.21. The first-order valence-electron chi connectivity index (χ1n) is 10.4. The summed E-state index contributed by atoms with van der Waals surface area (Å²) in [5.74, 6) is 1.57. The molecule has 0 unspecified atom stereocenters. The second-order valence-corrected chi connectivity index (χ2v) is 7.90. The van der Waals surface area contributed by atoms with Crippen LogP contribution >= 0.6 is 0 Å². The summed E-state index contributed by atoms with van der Waals surface area (Å²) in [6, 6.07) is 11.8. The van der Waals surface area contributed by atoms with E-state index in [2.05, 4.69) is 15.0 Å². The van der Waals surface area contributed by atoms with Gasteiger partial charge in [0.1, 0.15) is 11.3 Å². The summed E-state index contributed by atoms with van der Waals surface area (Å²) in [5.41, 5.74) is 1.55. The Bertz CT molecular complexity index is 1170. The first-order valence-corrected chi connectivity index (χ1v) is 10.4. The molecule has 0 bridgehead atoms. The molecular weight excluding hydrogens is 422 g/mol. The van der Waals surface area contributed by atoms with Crippen LogP contribution < -0.4 is 25.2 Å². The summed E-state index contributed by atoms with van der Waals surface area (Å²) < 4.78 is 45.7. The fraction of sp³-hybridized carbons (Fsp3) is 0.348. The predicted molar refractivity (Wildman–Crippen MR) is 114 cm³/mol. The van der Waals surface area contributed by atoms with E-state index in [1.165, 1.54) is 29.8 Å². The fourth-order valence-electron chi connectivity index (χ4n) is 4.19. The molecule has 1 saturated heterocycles. The molecule has 0 saturated carbocycles. The molecule has 0 amide bonds. The van der Waals surface area contributed by atoms with Crippen molar-refractivity contribution in [3.63, 3.8) is 0 Å². The van der Waals surface area contributed by atoms with Crippen LogP contribution in [0.2, 0.25) is 0 Å². The first kappa shape index (κ1) is 20.6. The minimum atomic E-state index is -2.92. The average Bonchev–Trinajstić information content (AvgIpc) is 3.23. The van der Waals surface area contributed by atoms with Crippen LogP contribution in [0.1, 0.15) is 18.4 Å². The van der Waals surface area contributed by atoms with Crippen molar-refractivity contribution in [2.24, 2.45) is 0 Å². The van der Waals surface area contributed by atoms with Gasteiger partial charge >= 0.3 is 12.2 Å². The summed E-state index contributed by atoms with van der Waals surface area (Å²) >= 11 is 0. The summed E-state index contributed by atoms with van der Waals surface area (Å²) in [5, 5.41) is 3.93. The van der Waals surface area contributed by atoms with Gasteiger partial charge in [0.05, 0.1) is 5.69 Å². The van der Waals surface area contributed by atoms with E-state index in [-0.39, 0.29) is 18.6 Å². The topological polar surface area (TPSA) is 73.2 Å². The SMILES string of the molecule is O=c1cc(NC2CCN(Cc3ccc4c(c3)OCO4)CC2)c2cc(OC(F)F)ccc2o1. The molecule has 7 nitrogen and oxygen atoms in total. The standard InChI is InChI=1S/C23H22F2N2O5/c24-23(25)31-16-2-4-19-17(10-16)18(11-22(28)32-19)26-15-5-7-27(8-6-15)12-14-1-3-20-21(9-14)30-13-29-20/h1-4,9-11,15,23,26H,5-8,12-13H2. The number of ether oxygens (including phenoxy) is 3. The Balaban J connectivity index is 1.25. The summed E-state index contributed by atoms with van der Waals surface area (Å²) in [6.07, 6.45) is 1.75. The minimum Gasteiger partial charge on any atom is -0.454 e. The zero-order valence-corrected chi connectivity index (χ0v) is 17.2. The van der Waals surface area contributed by atoms with Gasteiger partial charge in [0.2, 0.25) is 6.79 Å². The van der Waals surface area contributed by atoms with Crippen molar-refractivity contribution in [1.82, 2.24) is 4.90 Å². The molecule has 0 aliphatic carbocycles. The third-order valence-corrected chi connectivity index (χ3v) is 5.73. The van der Waals surface area contributed by atoms with E-state index in [0.29, 0.717) is 16.7 Å². The van der Waals surface area contributed by atoms with Crippen molar-refractivity contribution in [3.05, 3.63) is 58.4 Å². The van der Waals surface area contributed by atoms with Crippen LogP contribution in [0.5, 0.6) is 17.2 Å². The van der Waals surface area contributed by atoms with Gasteiger partial charge in [0.15, 0.2) is 11.5 Å². The van der Waals surface area contributed by atoms with Crippen molar-refractivity contribution < 1.29 is 27.4 Å². The van der Waals surface area contributed by atoms with Gasteiger partial charge in [-0.2, -0.15) is 8.78 Å². The van der Waals surface area contributed by atoms with Gasteiger partial charge in [-0.05, 0) is 48.7 Å². The lowest BCUT2D eigenvalue weighted by Gasteiger charge is -2.33. The summed E-state index contributed by atoms with van der Waals surface area (Å²) in [7, 11) is 0. The predicted octanol–water partition coefficient (Wildman–Crippen LogP) is 4.20. The third kappa shape index (κ3) is 4.47. The number of hydrogen-bond acceptors (Lipinski definition) is 7. The Morgan fingerprint density at radius 2 is 1.88 bits per heavy atom. The summed E-state index contributed by atoms with van der Waals surface area (Å²) in [6.45, 7) is -0.0851. The molecule has 5 rings (SSSR count). The lowest BCUT2D eigenvalue weighted by Crippen LogP contribution is -2.38. The molecule has 168 valence electrons. The molecule has 1 N–H and O–H groups in total. The number of fused-ring (bicyclic) bond motifs is 2. The number of nitrogens with zero attached hydrogens (tertiary/aromatic N) is 1. The van der Waals surface area contributed by atoms with E-state index in [9.17, 15) is 13.6 Å². The first-order chi connectivity index (χ1) is 15.5. The van der Waals surface area contributed by atoms with Gasteiger partial charge < -0.3 is 23.9 Å². The van der Waals surface area contributed by atoms with Crippen LogP contribution in [0.15, 0.2) is 51.7 Å². The van der Waals surface area contributed by atoms with E-state index in [4.69, 9.17) is 13.9 Å². The highest BCUT2D eigenvalue weighted by atomic mass is 19.3. The van der Waals surface area contributed by atoms with Crippen molar-refractivity contribution in [2.75, 3.05) is 25.2 Å². The number of rotatable bonds is 6. The van der Waals surface area contributed by atoms with Gasteiger partial charge in [-0.1, -0.05) is 6.07 Å². The molecule has 0 atom stereocenters. The van der Waals surface area contributed by atoms with Crippen LogP contribution in [0.3, 0.4) is 0 Å². The Kier molecular flexibility index (Phi) is 5.57. The van der Waals surface area contributed by atoms with Crippen LogP contribution in [0.25, 0.3) is 11.0 Å². The van der Waals surface area contributed by atoms with Gasteiger partial charge in [0.25, 0.3) is 0 Å². The fourth-order valence-corrected chi connectivity index (χ4v) is 4.19. The lowest BCUT2D eigenvalue weighted by atomic mass is 10.0. The van der Waals surface area contributed by atoms with Crippen LogP contribution in [-0.2, 0) is 6.54 Å². The molecular formula is C23H22F2N2O5.